The molecule has 0 heterocycles. The van der Waals surface area contributed by atoms with Gasteiger partial charge in [0.2, 0.25) is 0 Å². The van der Waals surface area contributed by atoms with Crippen LogP contribution in [-0.4, -0.2) is 0 Å². The molecule has 0 saturated heterocycles. The van der Waals surface area contributed by atoms with E-state index in [9.17, 15) is 22.0 Å². The van der Waals surface area contributed by atoms with Crippen LogP contribution in [0.15, 0.2) is 48.5 Å². The fourth-order valence-electron chi connectivity index (χ4n) is 2.01. The molecule has 1 nitrogen and oxygen atoms in total. The van der Waals surface area contributed by atoms with Crippen molar-refractivity contribution in [2.45, 2.75) is 20.8 Å². The maximum atomic E-state index is 12.5. The Morgan fingerprint density at radius 1 is 0.655 bits per heavy atom. The molecule has 0 amide bonds. The molecule has 0 aliphatic rings. The highest BCUT2D eigenvalue weighted by Crippen LogP contribution is 2.14. The summed E-state index contributed by atoms with van der Waals surface area (Å²) in [6, 6.07) is 12.7. The number of nitrogens with zero attached hydrogens (tertiary/aromatic N) is 1. The number of benzene rings is 3. The van der Waals surface area contributed by atoms with Crippen molar-refractivity contribution in [3.63, 3.8) is 0 Å². The van der Waals surface area contributed by atoms with E-state index in [0.717, 1.165) is 23.3 Å². The molecule has 29 heavy (non-hydrogen) atoms. The van der Waals surface area contributed by atoms with Crippen molar-refractivity contribution in [2.24, 2.45) is 0 Å². The first-order chi connectivity index (χ1) is 13.5. The molecule has 3 rings (SSSR count). The molecule has 152 valence electrons. The van der Waals surface area contributed by atoms with Gasteiger partial charge in [0, 0.05) is 0 Å². The largest absolute Gasteiger partial charge is 0.206 e. The van der Waals surface area contributed by atoms with E-state index in [1.807, 2.05) is 13.8 Å². The van der Waals surface area contributed by atoms with Crippen LogP contribution >= 0.6 is 11.6 Å². The summed E-state index contributed by atoms with van der Waals surface area (Å²) in [4.78, 5) is 0. The molecule has 3 aromatic rings. The Morgan fingerprint density at radius 3 is 1.55 bits per heavy atom. The van der Waals surface area contributed by atoms with E-state index in [4.69, 9.17) is 16.9 Å². The Balaban J connectivity index is 0.000000218. The van der Waals surface area contributed by atoms with Crippen LogP contribution in [0.25, 0.3) is 0 Å². The van der Waals surface area contributed by atoms with Gasteiger partial charge in [0.25, 0.3) is 0 Å². The van der Waals surface area contributed by atoms with Crippen LogP contribution in [0.5, 0.6) is 0 Å². The third-order valence-electron chi connectivity index (χ3n) is 3.45. The fraction of sp³-hybridized carbons (Fsp3) is 0.136. The molecule has 0 radical (unpaired) electrons. The van der Waals surface area contributed by atoms with E-state index in [-0.39, 0.29) is 16.4 Å². The predicted molar refractivity (Wildman–Crippen MR) is 103 cm³/mol. The van der Waals surface area contributed by atoms with Crippen LogP contribution in [-0.2, 0) is 0 Å². The van der Waals surface area contributed by atoms with Gasteiger partial charge in [-0.1, -0.05) is 23.7 Å². The number of nitriles is 1. The highest BCUT2D eigenvalue weighted by Gasteiger charge is 2.07. The normalized spacial score (nSPS) is 9.52. The number of halogens is 6. The Kier molecular flexibility index (Phi) is 9.30. The summed E-state index contributed by atoms with van der Waals surface area (Å²) in [5.74, 6) is -4.50. The summed E-state index contributed by atoms with van der Waals surface area (Å²) in [7, 11) is 0. The molecule has 0 atom stereocenters. The second-order valence-electron chi connectivity index (χ2n) is 6.06. The lowest BCUT2D eigenvalue weighted by Crippen LogP contribution is -1.90. The van der Waals surface area contributed by atoms with Crippen molar-refractivity contribution in [3.05, 3.63) is 105 Å². The lowest BCUT2D eigenvalue weighted by atomic mass is 10.1. The minimum absolute atomic E-state index is 0.111. The predicted octanol–water partition coefficient (Wildman–Crippen LogP) is 7.21. The van der Waals surface area contributed by atoms with Crippen LogP contribution in [0.3, 0.4) is 0 Å². The second kappa shape index (κ2) is 11.2. The molecule has 0 spiro atoms. The number of hydrogen-bond acceptors (Lipinski definition) is 1. The van der Waals surface area contributed by atoms with Gasteiger partial charge >= 0.3 is 0 Å². The molecule has 0 saturated carbocycles. The average Bonchev–Trinajstić information content (AvgIpc) is 2.66. The number of rotatable bonds is 0. The zero-order valence-corrected chi connectivity index (χ0v) is 16.6. The Morgan fingerprint density at radius 2 is 1.14 bits per heavy atom. The van der Waals surface area contributed by atoms with E-state index in [1.165, 1.54) is 25.1 Å². The summed E-state index contributed by atoms with van der Waals surface area (Å²) >= 11 is 5.44. The van der Waals surface area contributed by atoms with E-state index >= 15 is 0 Å². The minimum Gasteiger partial charge on any atom is -0.206 e. The topological polar surface area (TPSA) is 23.8 Å². The fourth-order valence-corrected chi connectivity index (χ4v) is 2.24. The van der Waals surface area contributed by atoms with Gasteiger partial charge in [-0.15, -0.1) is 0 Å². The summed E-state index contributed by atoms with van der Waals surface area (Å²) in [6.07, 6.45) is 0. The first-order valence-corrected chi connectivity index (χ1v) is 8.62. The van der Waals surface area contributed by atoms with Gasteiger partial charge in [-0.25, -0.2) is 22.0 Å². The van der Waals surface area contributed by atoms with Gasteiger partial charge in [-0.2, -0.15) is 5.26 Å². The maximum absolute atomic E-state index is 12.5. The van der Waals surface area contributed by atoms with E-state index < -0.39 is 23.3 Å². The molecular weight excluding hydrogens is 409 g/mol. The Hall–Kier alpha value is -2.91. The Labute approximate surface area is 171 Å². The summed E-state index contributed by atoms with van der Waals surface area (Å²) in [5.41, 5.74) is 2.36. The molecular formula is C22H17ClF5N. The van der Waals surface area contributed by atoms with Gasteiger partial charge in [0.15, 0.2) is 17.5 Å². The van der Waals surface area contributed by atoms with Gasteiger partial charge < -0.3 is 0 Å². The second-order valence-corrected chi connectivity index (χ2v) is 6.46. The van der Waals surface area contributed by atoms with Gasteiger partial charge in [0.1, 0.15) is 17.7 Å². The zero-order chi connectivity index (χ0) is 22.1. The number of hydrogen-bond donors (Lipinski definition) is 0. The van der Waals surface area contributed by atoms with Crippen LogP contribution in [0.2, 0.25) is 5.02 Å². The van der Waals surface area contributed by atoms with Crippen LogP contribution in [0.4, 0.5) is 22.0 Å². The average molecular weight is 426 g/mol. The van der Waals surface area contributed by atoms with Crippen molar-refractivity contribution < 1.29 is 22.0 Å². The summed E-state index contributed by atoms with van der Waals surface area (Å²) < 4.78 is 61.5. The van der Waals surface area contributed by atoms with Crippen molar-refractivity contribution >= 4 is 11.6 Å². The summed E-state index contributed by atoms with van der Waals surface area (Å²) in [6.45, 7) is 5.18. The summed E-state index contributed by atoms with van der Waals surface area (Å²) in [5, 5.41) is 8.54. The van der Waals surface area contributed by atoms with E-state index in [0.29, 0.717) is 5.56 Å². The maximum Gasteiger partial charge on any atom is 0.194 e. The monoisotopic (exact) mass is 425 g/mol. The van der Waals surface area contributed by atoms with Gasteiger partial charge in [0.05, 0.1) is 10.6 Å². The molecule has 3 aromatic carbocycles. The minimum atomic E-state index is -1.41. The highest BCUT2D eigenvalue weighted by atomic mass is 35.5. The van der Waals surface area contributed by atoms with Crippen molar-refractivity contribution in [3.8, 4) is 6.07 Å². The molecule has 0 fully saturated rings. The van der Waals surface area contributed by atoms with Gasteiger partial charge in [-0.05, 0) is 73.9 Å². The first-order valence-electron chi connectivity index (χ1n) is 8.24. The smallest absolute Gasteiger partial charge is 0.194 e. The lowest BCUT2D eigenvalue weighted by molar-refractivity contribution is 0.446. The highest BCUT2D eigenvalue weighted by molar-refractivity contribution is 6.30. The molecule has 0 aliphatic heterocycles. The quantitative estimate of drug-likeness (QED) is 0.276. The molecule has 0 unspecified atom stereocenters. The molecule has 0 bridgehead atoms. The third-order valence-corrected chi connectivity index (χ3v) is 3.74. The molecule has 0 aliphatic carbocycles. The van der Waals surface area contributed by atoms with Crippen molar-refractivity contribution in [1.29, 1.82) is 5.26 Å². The van der Waals surface area contributed by atoms with Crippen LogP contribution in [0, 0.1) is 61.2 Å². The van der Waals surface area contributed by atoms with Crippen molar-refractivity contribution in [2.75, 3.05) is 0 Å². The standard InChI is InChI=1S/C8H6FN.C7H6ClF.C7H5F3/c1-6-2-3-8(9)7(4-6)5-10;1-5-2-3-7(9)6(8)4-5;1-4-2-5(8)7(10)6(9)3-4/h2-4H,1H3;2-4H,1H3;2-3H,1H3. The van der Waals surface area contributed by atoms with Crippen LogP contribution < -0.4 is 0 Å². The Bertz CT molecular complexity index is 1010. The van der Waals surface area contributed by atoms with E-state index in [2.05, 4.69) is 0 Å². The zero-order valence-electron chi connectivity index (χ0n) is 15.8. The number of aryl methyl sites for hydroxylation is 3. The van der Waals surface area contributed by atoms with Crippen LogP contribution in [0.1, 0.15) is 22.3 Å². The lowest BCUT2D eigenvalue weighted by Gasteiger charge is -1.95. The SMILES string of the molecule is Cc1cc(F)c(F)c(F)c1.Cc1ccc(F)c(C#N)c1.Cc1ccc(F)c(Cl)c1. The van der Waals surface area contributed by atoms with E-state index in [1.54, 1.807) is 24.3 Å². The van der Waals surface area contributed by atoms with Gasteiger partial charge in [-0.3, -0.25) is 0 Å². The molecule has 7 heteroatoms. The third kappa shape index (κ3) is 7.92. The van der Waals surface area contributed by atoms with Crippen molar-refractivity contribution in [1.82, 2.24) is 0 Å². The molecule has 0 aromatic heterocycles. The first kappa shape index (κ1) is 24.1. The molecule has 0 N–H and O–H groups in total.